The van der Waals surface area contributed by atoms with Crippen LogP contribution in [-0.4, -0.2) is 39.0 Å². The zero-order chi connectivity index (χ0) is 23.3. The molecular weight excluding hydrogens is 416 g/mol. The van der Waals surface area contributed by atoms with Crippen molar-refractivity contribution in [1.29, 1.82) is 0 Å². The molecule has 1 aliphatic heterocycles. The zero-order valence-corrected chi connectivity index (χ0v) is 18.9. The number of piperidine rings is 1. The molecule has 6 nitrogen and oxygen atoms in total. The smallest absolute Gasteiger partial charge is 0.254 e. The summed E-state index contributed by atoms with van der Waals surface area (Å²) >= 11 is 0. The number of pyridine rings is 1. The van der Waals surface area contributed by atoms with Gasteiger partial charge < -0.3 is 14.4 Å². The van der Waals surface area contributed by atoms with E-state index < -0.39 is 5.60 Å². The molecule has 1 aromatic heterocycles. The van der Waals surface area contributed by atoms with Gasteiger partial charge in [-0.3, -0.25) is 14.5 Å². The Morgan fingerprint density at radius 3 is 2.36 bits per heavy atom. The lowest BCUT2D eigenvalue weighted by molar-refractivity contribution is -0.00730. The molecule has 3 aromatic rings. The summed E-state index contributed by atoms with van der Waals surface area (Å²) in [6.07, 6.45) is 3.14. The van der Waals surface area contributed by atoms with Gasteiger partial charge in [-0.2, -0.15) is 0 Å². The highest BCUT2D eigenvalue weighted by molar-refractivity contribution is 5.95. The lowest BCUT2D eigenvalue weighted by atomic mass is 9.93. The molecule has 6 heteroatoms. The van der Waals surface area contributed by atoms with Crippen LogP contribution in [0.3, 0.4) is 0 Å². The molecule has 0 bridgehead atoms. The normalized spacial score (nSPS) is 15.8. The quantitative estimate of drug-likeness (QED) is 0.535. The van der Waals surface area contributed by atoms with Crippen molar-refractivity contribution >= 4 is 5.78 Å². The van der Waals surface area contributed by atoms with E-state index in [1.165, 1.54) is 10.6 Å². The van der Waals surface area contributed by atoms with E-state index in [4.69, 9.17) is 4.74 Å². The first-order valence-corrected chi connectivity index (χ1v) is 11.3. The third-order valence-corrected chi connectivity index (χ3v) is 6.15. The van der Waals surface area contributed by atoms with Crippen molar-refractivity contribution < 1.29 is 14.6 Å². The number of carbonyl (C=O) groups excluding carboxylic acids is 1. The fraction of sp³-hybridized carbons (Fsp3) is 0.333. The Bertz CT molecular complexity index is 1130. The van der Waals surface area contributed by atoms with Crippen LogP contribution in [0.15, 0.2) is 77.7 Å². The maximum Gasteiger partial charge on any atom is 0.254 e. The van der Waals surface area contributed by atoms with Gasteiger partial charge in [0, 0.05) is 37.5 Å². The van der Waals surface area contributed by atoms with E-state index in [9.17, 15) is 14.7 Å². The number of aromatic nitrogens is 1. The molecule has 2 aromatic carbocycles. The molecule has 0 saturated carbocycles. The summed E-state index contributed by atoms with van der Waals surface area (Å²) in [5, 5.41) is 10.1. The molecule has 0 unspecified atom stereocenters. The van der Waals surface area contributed by atoms with Gasteiger partial charge in [-0.05, 0) is 37.0 Å². The maximum atomic E-state index is 12.7. The summed E-state index contributed by atoms with van der Waals surface area (Å²) in [5.41, 5.74) is 1.90. The van der Waals surface area contributed by atoms with Crippen LogP contribution in [0, 0.1) is 0 Å². The molecule has 1 N–H and O–H groups in total. The first-order valence-electron chi connectivity index (χ1n) is 11.3. The summed E-state index contributed by atoms with van der Waals surface area (Å²) in [7, 11) is 0. The van der Waals surface area contributed by atoms with Crippen molar-refractivity contribution in [3.05, 3.63) is 100.0 Å². The second kappa shape index (κ2) is 10.1. The number of Topliss-reactive ketones (excluding diaryl/α,β-unsaturated/α-hetero) is 1. The molecule has 1 fully saturated rings. The summed E-state index contributed by atoms with van der Waals surface area (Å²) in [4.78, 5) is 27.5. The first kappa shape index (κ1) is 23.0. The number of hydrogen-bond donors (Lipinski definition) is 1. The molecule has 1 saturated heterocycles. The molecule has 0 aliphatic carbocycles. The maximum absolute atomic E-state index is 12.7. The lowest BCUT2D eigenvalue weighted by Crippen LogP contribution is -2.41. The summed E-state index contributed by atoms with van der Waals surface area (Å²) < 4.78 is 7.08. The van der Waals surface area contributed by atoms with Crippen LogP contribution >= 0.6 is 0 Å². The third-order valence-electron chi connectivity index (χ3n) is 6.15. The molecule has 1 aliphatic rings. The number of benzene rings is 2. The van der Waals surface area contributed by atoms with Gasteiger partial charge in [-0.15, -0.1) is 0 Å². The van der Waals surface area contributed by atoms with Crippen molar-refractivity contribution in [3.8, 4) is 5.75 Å². The highest BCUT2D eigenvalue weighted by Gasteiger charge is 2.27. The van der Waals surface area contributed by atoms with Gasteiger partial charge in [-0.25, -0.2) is 0 Å². The summed E-state index contributed by atoms with van der Waals surface area (Å²) in [6.45, 7) is 4.78. The second-order valence-electron chi connectivity index (χ2n) is 9.00. The van der Waals surface area contributed by atoms with Crippen LogP contribution in [0.4, 0.5) is 0 Å². The van der Waals surface area contributed by atoms with Gasteiger partial charge in [-0.1, -0.05) is 54.6 Å². The highest BCUT2D eigenvalue weighted by atomic mass is 16.5. The van der Waals surface area contributed by atoms with Crippen molar-refractivity contribution in [1.82, 2.24) is 9.47 Å². The van der Waals surface area contributed by atoms with Crippen LogP contribution in [0.5, 0.6) is 5.75 Å². The zero-order valence-electron chi connectivity index (χ0n) is 18.9. The minimum absolute atomic E-state index is 0.0155. The number of ketones is 1. The lowest BCUT2D eigenvalue weighted by Gasteiger charge is -2.35. The number of carbonyl (C=O) groups is 1. The van der Waals surface area contributed by atoms with Crippen molar-refractivity contribution in [2.45, 2.75) is 45.1 Å². The van der Waals surface area contributed by atoms with Crippen LogP contribution < -0.4 is 10.3 Å². The Labute approximate surface area is 194 Å². The molecule has 33 heavy (non-hydrogen) atoms. The van der Waals surface area contributed by atoms with Crippen molar-refractivity contribution in [2.75, 3.05) is 13.1 Å². The Morgan fingerprint density at radius 2 is 1.70 bits per heavy atom. The Morgan fingerprint density at radius 1 is 1.00 bits per heavy atom. The standard InChI is InChI=1S/C27H30N2O4/c1-27(32)12-15-28(16-13-27)18-21-7-9-23(10-8-21)25(30)19-29-14-11-24(17-26(29)31)33-20-22-5-3-2-4-6-22/h2-11,14,17,32H,12-13,15-16,18-20H2,1H3. The SMILES string of the molecule is CC1(O)CCN(Cc2ccc(C(=O)Cn3ccc(OCc4ccccc4)cc3=O)cc2)CC1. The van der Waals surface area contributed by atoms with E-state index >= 15 is 0 Å². The van der Waals surface area contributed by atoms with Gasteiger partial charge in [0.1, 0.15) is 12.4 Å². The molecule has 0 atom stereocenters. The monoisotopic (exact) mass is 446 g/mol. The third kappa shape index (κ3) is 6.40. The van der Waals surface area contributed by atoms with E-state index in [1.54, 1.807) is 12.3 Å². The topological polar surface area (TPSA) is 71.8 Å². The highest BCUT2D eigenvalue weighted by Crippen LogP contribution is 2.22. The number of aliphatic hydroxyl groups is 1. The average molecular weight is 447 g/mol. The number of likely N-dealkylation sites (tertiary alicyclic amines) is 1. The first-order chi connectivity index (χ1) is 15.9. The predicted molar refractivity (Wildman–Crippen MR) is 127 cm³/mol. The Hall–Kier alpha value is -3.22. The molecule has 172 valence electrons. The van der Waals surface area contributed by atoms with E-state index in [0.717, 1.165) is 43.6 Å². The second-order valence-corrected chi connectivity index (χ2v) is 9.00. The van der Waals surface area contributed by atoms with Crippen LogP contribution in [0.1, 0.15) is 41.3 Å². The van der Waals surface area contributed by atoms with Crippen LogP contribution in [0.2, 0.25) is 0 Å². The van der Waals surface area contributed by atoms with Gasteiger partial charge in [0.2, 0.25) is 0 Å². The minimum Gasteiger partial charge on any atom is -0.489 e. The fourth-order valence-corrected chi connectivity index (χ4v) is 3.94. The van der Waals surface area contributed by atoms with Crippen molar-refractivity contribution in [2.24, 2.45) is 0 Å². The van der Waals surface area contributed by atoms with E-state index in [-0.39, 0.29) is 17.9 Å². The largest absolute Gasteiger partial charge is 0.489 e. The van der Waals surface area contributed by atoms with E-state index in [1.807, 2.05) is 61.5 Å². The molecule has 2 heterocycles. The Kier molecular flexibility index (Phi) is 7.06. The molecule has 0 amide bonds. The fourth-order valence-electron chi connectivity index (χ4n) is 3.94. The van der Waals surface area contributed by atoms with Crippen LogP contribution in [-0.2, 0) is 19.7 Å². The number of rotatable bonds is 8. The van der Waals surface area contributed by atoms with Gasteiger partial charge >= 0.3 is 0 Å². The number of ether oxygens (including phenoxy) is 1. The number of nitrogens with zero attached hydrogens (tertiary/aromatic N) is 2. The minimum atomic E-state index is -0.558. The molecular formula is C27H30N2O4. The molecule has 4 rings (SSSR count). The van der Waals surface area contributed by atoms with Crippen LogP contribution in [0.25, 0.3) is 0 Å². The van der Waals surface area contributed by atoms with E-state index in [0.29, 0.717) is 17.9 Å². The number of hydrogen-bond acceptors (Lipinski definition) is 5. The van der Waals surface area contributed by atoms with Gasteiger partial charge in [0.25, 0.3) is 5.56 Å². The van der Waals surface area contributed by atoms with Crippen molar-refractivity contribution in [3.63, 3.8) is 0 Å². The molecule has 0 spiro atoms. The van der Waals surface area contributed by atoms with Gasteiger partial charge in [0.05, 0.1) is 12.1 Å². The summed E-state index contributed by atoms with van der Waals surface area (Å²) in [5.74, 6) is 0.367. The van der Waals surface area contributed by atoms with Gasteiger partial charge in [0.15, 0.2) is 5.78 Å². The predicted octanol–water partition coefficient (Wildman–Crippen LogP) is 3.66. The molecule has 0 radical (unpaired) electrons. The Balaban J connectivity index is 1.31. The van der Waals surface area contributed by atoms with E-state index in [2.05, 4.69) is 4.90 Å². The average Bonchev–Trinajstić information content (AvgIpc) is 2.82. The summed E-state index contributed by atoms with van der Waals surface area (Å²) in [6, 6.07) is 20.4.